The molecular formula is C9H16O. The summed E-state index contributed by atoms with van der Waals surface area (Å²) in [7, 11) is 0. The first-order chi connectivity index (χ1) is 4.87. The third-order valence-electron chi connectivity index (χ3n) is 3.36. The maximum atomic E-state index is 9.23. The highest BCUT2D eigenvalue weighted by Crippen LogP contribution is 2.54. The maximum Gasteiger partial charge on any atom is 0.0490 e. The minimum Gasteiger partial charge on any atom is -0.396 e. The van der Waals surface area contributed by atoms with Crippen molar-refractivity contribution < 1.29 is 5.11 Å². The highest BCUT2D eigenvalue weighted by atomic mass is 16.3. The van der Waals surface area contributed by atoms with Crippen LogP contribution in [0.1, 0.15) is 38.5 Å². The highest BCUT2D eigenvalue weighted by molar-refractivity contribution is 4.96. The normalized spacial score (nSPS) is 30.9. The van der Waals surface area contributed by atoms with Gasteiger partial charge in [0.2, 0.25) is 0 Å². The van der Waals surface area contributed by atoms with Crippen LogP contribution in [-0.4, -0.2) is 11.7 Å². The Labute approximate surface area is 62.4 Å². The Bertz CT molecular complexity index is 121. The summed E-state index contributed by atoms with van der Waals surface area (Å²) in [5.41, 5.74) is 0.403. The molecule has 1 nitrogen and oxygen atoms in total. The van der Waals surface area contributed by atoms with E-state index in [1.807, 2.05) is 0 Å². The van der Waals surface area contributed by atoms with E-state index >= 15 is 0 Å². The monoisotopic (exact) mass is 140 g/mol. The van der Waals surface area contributed by atoms with Gasteiger partial charge in [-0.2, -0.15) is 0 Å². The first-order valence-corrected chi connectivity index (χ1v) is 4.48. The van der Waals surface area contributed by atoms with E-state index in [1.165, 1.54) is 38.5 Å². The van der Waals surface area contributed by atoms with Crippen LogP contribution >= 0.6 is 0 Å². The van der Waals surface area contributed by atoms with Crippen molar-refractivity contribution in [2.75, 3.05) is 6.61 Å². The molecule has 0 aromatic heterocycles. The molecule has 1 N–H and O–H groups in total. The van der Waals surface area contributed by atoms with Gasteiger partial charge in [-0.3, -0.25) is 0 Å². The van der Waals surface area contributed by atoms with Gasteiger partial charge in [-0.15, -0.1) is 0 Å². The van der Waals surface area contributed by atoms with Crippen molar-refractivity contribution in [3.63, 3.8) is 0 Å². The lowest BCUT2D eigenvalue weighted by Gasteiger charge is -2.25. The summed E-state index contributed by atoms with van der Waals surface area (Å²) in [4.78, 5) is 0. The lowest BCUT2D eigenvalue weighted by Crippen LogP contribution is -2.23. The van der Waals surface area contributed by atoms with Crippen molar-refractivity contribution in [1.29, 1.82) is 0 Å². The molecule has 0 saturated heterocycles. The second-order valence-electron chi connectivity index (χ2n) is 4.00. The molecule has 0 unspecified atom stereocenters. The molecule has 0 aliphatic heterocycles. The fourth-order valence-electron chi connectivity index (χ4n) is 2.47. The third kappa shape index (κ3) is 0.878. The van der Waals surface area contributed by atoms with Crippen LogP contribution in [0.25, 0.3) is 0 Å². The van der Waals surface area contributed by atoms with Crippen LogP contribution in [0.4, 0.5) is 0 Å². The van der Waals surface area contributed by atoms with Gasteiger partial charge in [-0.1, -0.05) is 12.8 Å². The van der Waals surface area contributed by atoms with E-state index < -0.39 is 0 Å². The number of rotatable bonds is 2. The van der Waals surface area contributed by atoms with Crippen LogP contribution in [0.3, 0.4) is 0 Å². The van der Waals surface area contributed by atoms with Crippen LogP contribution in [0.15, 0.2) is 0 Å². The van der Waals surface area contributed by atoms with Crippen molar-refractivity contribution >= 4 is 0 Å². The van der Waals surface area contributed by atoms with Crippen LogP contribution in [0, 0.1) is 11.3 Å². The minimum atomic E-state index is 0.403. The Morgan fingerprint density at radius 1 is 1.20 bits per heavy atom. The molecule has 1 heteroatoms. The summed E-state index contributed by atoms with van der Waals surface area (Å²) >= 11 is 0. The molecule has 0 amide bonds. The molecule has 2 rings (SSSR count). The van der Waals surface area contributed by atoms with Crippen molar-refractivity contribution in [3.8, 4) is 0 Å². The molecule has 2 fully saturated rings. The van der Waals surface area contributed by atoms with Crippen LogP contribution in [0.5, 0.6) is 0 Å². The van der Waals surface area contributed by atoms with E-state index in [-0.39, 0.29) is 0 Å². The molecule has 0 spiro atoms. The van der Waals surface area contributed by atoms with E-state index in [0.29, 0.717) is 12.0 Å². The van der Waals surface area contributed by atoms with Crippen molar-refractivity contribution in [3.05, 3.63) is 0 Å². The topological polar surface area (TPSA) is 20.2 Å². The first-order valence-electron chi connectivity index (χ1n) is 4.48. The maximum absolute atomic E-state index is 9.23. The summed E-state index contributed by atoms with van der Waals surface area (Å²) in [6.45, 7) is 0.456. The molecule has 0 aromatic rings. The largest absolute Gasteiger partial charge is 0.396 e. The van der Waals surface area contributed by atoms with E-state index in [9.17, 15) is 5.11 Å². The zero-order chi connectivity index (χ0) is 7.03. The second-order valence-corrected chi connectivity index (χ2v) is 4.00. The Morgan fingerprint density at radius 3 is 2.20 bits per heavy atom. The van der Waals surface area contributed by atoms with Gasteiger partial charge < -0.3 is 5.11 Å². The fourth-order valence-corrected chi connectivity index (χ4v) is 2.47. The number of aliphatic hydroxyl groups excluding tert-OH is 1. The van der Waals surface area contributed by atoms with Crippen LogP contribution in [-0.2, 0) is 0 Å². The molecule has 2 saturated carbocycles. The second kappa shape index (κ2) is 2.23. The average molecular weight is 140 g/mol. The van der Waals surface area contributed by atoms with Gasteiger partial charge in [-0.05, 0) is 37.0 Å². The standard InChI is InChI=1S/C9H16O/c10-7-9(8-3-4-8)5-1-2-6-9/h8,10H,1-7H2. The van der Waals surface area contributed by atoms with Crippen LogP contribution < -0.4 is 0 Å². The van der Waals surface area contributed by atoms with Gasteiger partial charge in [0.1, 0.15) is 0 Å². The van der Waals surface area contributed by atoms with Crippen molar-refractivity contribution in [2.45, 2.75) is 38.5 Å². The number of hydrogen-bond acceptors (Lipinski definition) is 1. The van der Waals surface area contributed by atoms with Gasteiger partial charge in [0, 0.05) is 6.61 Å². The third-order valence-corrected chi connectivity index (χ3v) is 3.36. The highest BCUT2D eigenvalue weighted by Gasteiger charge is 2.45. The molecule has 0 heterocycles. The average Bonchev–Trinajstić information content (AvgIpc) is 2.71. The molecule has 58 valence electrons. The summed E-state index contributed by atoms with van der Waals surface area (Å²) in [6.07, 6.45) is 8.09. The lowest BCUT2D eigenvalue weighted by molar-refractivity contribution is 0.108. The van der Waals surface area contributed by atoms with Gasteiger partial charge in [0.05, 0.1) is 0 Å². The summed E-state index contributed by atoms with van der Waals surface area (Å²) in [5, 5.41) is 9.23. The van der Waals surface area contributed by atoms with Crippen molar-refractivity contribution in [2.24, 2.45) is 11.3 Å². The fraction of sp³-hybridized carbons (Fsp3) is 1.00. The Hall–Kier alpha value is -0.0400. The summed E-state index contributed by atoms with van der Waals surface area (Å²) < 4.78 is 0. The zero-order valence-corrected chi connectivity index (χ0v) is 6.47. The van der Waals surface area contributed by atoms with Crippen LogP contribution in [0.2, 0.25) is 0 Å². The van der Waals surface area contributed by atoms with E-state index in [0.717, 1.165) is 5.92 Å². The molecule has 0 atom stereocenters. The van der Waals surface area contributed by atoms with E-state index in [4.69, 9.17) is 0 Å². The van der Waals surface area contributed by atoms with E-state index in [1.54, 1.807) is 0 Å². The smallest absolute Gasteiger partial charge is 0.0490 e. The lowest BCUT2D eigenvalue weighted by atomic mass is 9.82. The summed E-state index contributed by atoms with van der Waals surface area (Å²) in [5.74, 6) is 0.903. The Morgan fingerprint density at radius 2 is 1.80 bits per heavy atom. The quantitative estimate of drug-likeness (QED) is 0.621. The molecule has 2 aliphatic carbocycles. The van der Waals surface area contributed by atoms with Crippen molar-refractivity contribution in [1.82, 2.24) is 0 Å². The molecular weight excluding hydrogens is 124 g/mol. The molecule has 0 radical (unpaired) electrons. The number of hydrogen-bond donors (Lipinski definition) is 1. The van der Waals surface area contributed by atoms with Gasteiger partial charge in [-0.25, -0.2) is 0 Å². The van der Waals surface area contributed by atoms with Gasteiger partial charge >= 0.3 is 0 Å². The first kappa shape index (κ1) is 6.66. The predicted octanol–water partition coefficient (Wildman–Crippen LogP) is 1.95. The Kier molecular flexibility index (Phi) is 1.48. The van der Waals surface area contributed by atoms with Gasteiger partial charge in [0.25, 0.3) is 0 Å². The summed E-state index contributed by atoms with van der Waals surface area (Å²) in [6, 6.07) is 0. The minimum absolute atomic E-state index is 0.403. The zero-order valence-electron chi connectivity index (χ0n) is 6.47. The molecule has 10 heavy (non-hydrogen) atoms. The van der Waals surface area contributed by atoms with E-state index in [2.05, 4.69) is 0 Å². The molecule has 2 aliphatic rings. The molecule has 0 bridgehead atoms. The van der Waals surface area contributed by atoms with Gasteiger partial charge in [0.15, 0.2) is 0 Å². The molecule has 0 aromatic carbocycles. The SMILES string of the molecule is OCC1(C2CC2)CCCC1. The predicted molar refractivity (Wildman–Crippen MR) is 40.7 cm³/mol. The number of aliphatic hydroxyl groups is 1. The Balaban J connectivity index is 2.04.